The van der Waals surface area contributed by atoms with Crippen LogP contribution in [0.2, 0.25) is 0 Å². The van der Waals surface area contributed by atoms with Crippen LogP contribution in [-0.4, -0.2) is 20.1 Å². The quantitative estimate of drug-likeness (QED) is 0.626. The maximum atomic E-state index is 12.6. The van der Waals surface area contributed by atoms with Crippen LogP contribution in [0.25, 0.3) is 0 Å². The molecule has 0 radical (unpaired) electrons. The van der Waals surface area contributed by atoms with Crippen LogP contribution in [0.1, 0.15) is 28.9 Å². The molecule has 1 amide bonds. The van der Waals surface area contributed by atoms with Gasteiger partial charge < -0.3 is 14.8 Å². The van der Waals surface area contributed by atoms with Crippen LogP contribution in [-0.2, 0) is 0 Å². The Morgan fingerprint density at radius 3 is 2.26 bits per heavy atom. The molecule has 0 aromatic heterocycles. The molecule has 1 N–H and O–H groups in total. The molecule has 0 bridgehead atoms. The number of hydrogen-bond acceptors (Lipinski definition) is 3. The Hall–Kier alpha value is -1.28. The Kier molecular flexibility index (Phi) is 6.29. The van der Waals surface area contributed by atoms with Gasteiger partial charge in [0.25, 0.3) is 5.91 Å². The average molecular weight is 490 g/mol. The second-order valence-electron chi connectivity index (χ2n) is 4.93. The van der Waals surface area contributed by atoms with Crippen molar-refractivity contribution in [3.8, 4) is 11.5 Å². The summed E-state index contributed by atoms with van der Waals surface area (Å²) in [5, 5.41) is 3.01. The van der Waals surface area contributed by atoms with Crippen LogP contribution < -0.4 is 14.8 Å². The molecule has 122 valence electrons. The minimum Gasteiger partial charge on any atom is -0.493 e. The Bertz CT molecular complexity index is 704. The lowest BCUT2D eigenvalue weighted by Crippen LogP contribution is -2.27. The fourth-order valence-electron chi connectivity index (χ4n) is 2.14. The first-order valence-electron chi connectivity index (χ1n) is 6.94. The number of halogens is 2. The number of methoxy groups -OCH3 is 2. The molecule has 0 aliphatic carbocycles. The molecule has 0 saturated heterocycles. The minimum atomic E-state index is -0.147. The lowest BCUT2D eigenvalue weighted by atomic mass is 10.1. The van der Waals surface area contributed by atoms with Gasteiger partial charge in [-0.15, -0.1) is 0 Å². The monoisotopic (exact) mass is 489 g/mol. The molecule has 0 aliphatic rings. The van der Waals surface area contributed by atoms with Crippen molar-refractivity contribution < 1.29 is 14.3 Å². The van der Waals surface area contributed by atoms with E-state index in [9.17, 15) is 4.79 Å². The van der Waals surface area contributed by atoms with Crippen LogP contribution in [0.5, 0.6) is 11.5 Å². The van der Waals surface area contributed by atoms with Crippen molar-refractivity contribution >= 4 is 44.4 Å². The summed E-state index contributed by atoms with van der Waals surface area (Å²) in [4.78, 5) is 12.6. The first-order valence-corrected chi connectivity index (χ1v) is 8.81. The molecule has 2 rings (SSSR count). The third-order valence-corrected chi connectivity index (χ3v) is 4.86. The summed E-state index contributed by atoms with van der Waals surface area (Å²) in [6.07, 6.45) is 0. The largest absolute Gasteiger partial charge is 0.493 e. The van der Waals surface area contributed by atoms with Gasteiger partial charge in [-0.05, 0) is 59.3 Å². The zero-order valence-corrected chi connectivity index (χ0v) is 16.8. The van der Waals surface area contributed by atoms with E-state index in [1.807, 2.05) is 31.2 Å². The molecule has 1 unspecified atom stereocenters. The highest BCUT2D eigenvalue weighted by Gasteiger charge is 2.17. The highest BCUT2D eigenvalue weighted by molar-refractivity contribution is 14.1. The fraction of sp³-hybridized carbons (Fsp3) is 0.235. The molecule has 0 spiro atoms. The molecule has 0 fully saturated rings. The van der Waals surface area contributed by atoms with Crippen molar-refractivity contribution in [1.82, 2.24) is 5.32 Å². The first kappa shape index (κ1) is 18.1. The van der Waals surface area contributed by atoms with Crippen molar-refractivity contribution in [3.63, 3.8) is 0 Å². The molecule has 0 saturated carbocycles. The summed E-state index contributed by atoms with van der Waals surface area (Å²) in [5.41, 5.74) is 1.60. The van der Waals surface area contributed by atoms with Crippen LogP contribution in [0.4, 0.5) is 0 Å². The summed E-state index contributed by atoms with van der Waals surface area (Å²) in [7, 11) is 3.13. The predicted molar refractivity (Wildman–Crippen MR) is 102 cm³/mol. The molecule has 2 aromatic carbocycles. The van der Waals surface area contributed by atoms with Gasteiger partial charge in [-0.3, -0.25) is 4.79 Å². The molecule has 23 heavy (non-hydrogen) atoms. The van der Waals surface area contributed by atoms with Crippen LogP contribution in [0, 0.1) is 3.57 Å². The highest BCUT2D eigenvalue weighted by atomic mass is 127. The van der Waals surface area contributed by atoms with Gasteiger partial charge in [0.15, 0.2) is 11.5 Å². The molecule has 6 heteroatoms. The molecule has 1 atom stereocenters. The Morgan fingerprint density at radius 1 is 1.13 bits per heavy atom. The Labute approximate surface area is 157 Å². The third-order valence-electron chi connectivity index (χ3n) is 3.44. The lowest BCUT2D eigenvalue weighted by molar-refractivity contribution is 0.0938. The zero-order chi connectivity index (χ0) is 17.0. The number of benzene rings is 2. The van der Waals surface area contributed by atoms with Crippen molar-refractivity contribution in [3.05, 3.63) is 55.6 Å². The molecule has 0 aliphatic heterocycles. The van der Waals surface area contributed by atoms with Gasteiger partial charge in [0.05, 0.1) is 25.8 Å². The average Bonchev–Trinajstić information content (AvgIpc) is 2.54. The zero-order valence-electron chi connectivity index (χ0n) is 13.0. The number of rotatable bonds is 5. The number of ether oxygens (including phenoxy) is 2. The van der Waals surface area contributed by atoms with Gasteiger partial charge in [-0.25, -0.2) is 0 Å². The van der Waals surface area contributed by atoms with E-state index in [0.717, 1.165) is 13.6 Å². The van der Waals surface area contributed by atoms with E-state index in [1.54, 1.807) is 26.4 Å². The number of hydrogen-bond donors (Lipinski definition) is 1. The van der Waals surface area contributed by atoms with E-state index < -0.39 is 0 Å². The van der Waals surface area contributed by atoms with Gasteiger partial charge in [0.2, 0.25) is 0 Å². The van der Waals surface area contributed by atoms with E-state index in [1.165, 1.54) is 0 Å². The second-order valence-corrected chi connectivity index (χ2v) is 7.01. The van der Waals surface area contributed by atoms with E-state index in [-0.39, 0.29) is 11.9 Å². The van der Waals surface area contributed by atoms with Crippen LogP contribution in [0.15, 0.2) is 40.9 Å². The maximum Gasteiger partial charge on any atom is 0.252 e. The van der Waals surface area contributed by atoms with Gasteiger partial charge >= 0.3 is 0 Å². The first-order chi connectivity index (χ1) is 11.0. The Balaban J connectivity index is 2.21. The van der Waals surface area contributed by atoms with Gasteiger partial charge in [0.1, 0.15) is 0 Å². The molecule has 4 nitrogen and oxygen atoms in total. The lowest BCUT2D eigenvalue weighted by Gasteiger charge is -2.16. The van der Waals surface area contributed by atoms with Crippen LogP contribution >= 0.6 is 38.5 Å². The van der Waals surface area contributed by atoms with Crippen molar-refractivity contribution in [2.45, 2.75) is 13.0 Å². The number of amides is 1. The molecular weight excluding hydrogens is 473 g/mol. The molecule has 2 aromatic rings. The Morgan fingerprint density at radius 2 is 1.70 bits per heavy atom. The normalized spacial score (nSPS) is 11.7. The van der Waals surface area contributed by atoms with E-state index >= 15 is 0 Å². The third kappa shape index (κ3) is 4.38. The van der Waals surface area contributed by atoms with Crippen molar-refractivity contribution in [1.29, 1.82) is 0 Å². The summed E-state index contributed by atoms with van der Waals surface area (Å²) in [5.74, 6) is 0.995. The summed E-state index contributed by atoms with van der Waals surface area (Å²) in [6.45, 7) is 1.95. The highest BCUT2D eigenvalue weighted by Crippen LogP contribution is 2.31. The predicted octanol–water partition coefficient (Wildman–Crippen LogP) is 4.56. The summed E-state index contributed by atoms with van der Waals surface area (Å²) < 4.78 is 12.3. The SMILES string of the molecule is COc1cc(I)c(C(=O)NC(C)c2ccc(Br)cc2)cc1OC. The summed E-state index contributed by atoms with van der Waals surface area (Å²) >= 11 is 5.53. The number of carbonyl (C=O) groups is 1. The fourth-order valence-corrected chi connectivity index (χ4v) is 3.09. The number of nitrogens with one attached hydrogen (secondary N) is 1. The van der Waals surface area contributed by atoms with Crippen LogP contribution in [0.3, 0.4) is 0 Å². The van der Waals surface area contributed by atoms with Gasteiger partial charge in [-0.2, -0.15) is 0 Å². The molecule has 0 heterocycles. The topological polar surface area (TPSA) is 47.6 Å². The standard InChI is InChI=1S/C17H17BrINO3/c1-10(11-4-6-12(18)7-5-11)20-17(21)13-8-15(22-2)16(23-3)9-14(13)19/h4-10H,1-3H3,(H,20,21). The molecular formula is C17H17BrINO3. The van der Waals surface area contributed by atoms with E-state index in [2.05, 4.69) is 43.8 Å². The summed E-state index contributed by atoms with van der Waals surface area (Å²) in [6, 6.07) is 11.3. The van der Waals surface area contributed by atoms with E-state index in [0.29, 0.717) is 17.1 Å². The van der Waals surface area contributed by atoms with Gasteiger partial charge in [0, 0.05) is 8.04 Å². The minimum absolute atomic E-state index is 0.0977. The van der Waals surface area contributed by atoms with Gasteiger partial charge in [-0.1, -0.05) is 28.1 Å². The smallest absolute Gasteiger partial charge is 0.252 e. The van der Waals surface area contributed by atoms with Crippen molar-refractivity contribution in [2.24, 2.45) is 0 Å². The maximum absolute atomic E-state index is 12.6. The second kappa shape index (κ2) is 8.01. The van der Waals surface area contributed by atoms with Crippen molar-refractivity contribution in [2.75, 3.05) is 14.2 Å². The van der Waals surface area contributed by atoms with E-state index in [4.69, 9.17) is 9.47 Å². The number of carbonyl (C=O) groups excluding carboxylic acids is 1.